The minimum Gasteiger partial charge on any atom is -0.492 e. The number of hydrogen-bond donors (Lipinski definition) is 0. The summed E-state index contributed by atoms with van der Waals surface area (Å²) in [6.07, 6.45) is 2.72. The Bertz CT molecular complexity index is 1120. The van der Waals surface area contributed by atoms with Gasteiger partial charge in [0.05, 0.1) is 12.2 Å². The van der Waals surface area contributed by atoms with Crippen LogP contribution >= 0.6 is 0 Å². The van der Waals surface area contributed by atoms with Gasteiger partial charge in [-0.15, -0.1) is 0 Å². The largest absolute Gasteiger partial charge is 0.492 e. The maximum absolute atomic E-state index is 11.9. The summed E-state index contributed by atoms with van der Waals surface area (Å²) in [4.78, 5) is 22.6. The fourth-order valence-corrected chi connectivity index (χ4v) is 3.05. The van der Waals surface area contributed by atoms with Crippen molar-refractivity contribution in [1.82, 2.24) is 9.78 Å². The summed E-state index contributed by atoms with van der Waals surface area (Å²) in [7, 11) is 0. The maximum Gasteiger partial charge on any atom is 0.179 e. The molecule has 0 saturated carbocycles. The van der Waals surface area contributed by atoms with E-state index in [1.54, 1.807) is 36.4 Å². The Morgan fingerprint density at radius 1 is 0.929 bits per heavy atom. The van der Waals surface area contributed by atoms with E-state index in [0.717, 1.165) is 28.7 Å². The normalized spacial score (nSPS) is 10.7. The Labute approximate surface area is 162 Å². The number of aromatic nitrogens is 2. The summed E-state index contributed by atoms with van der Waals surface area (Å²) in [6.45, 7) is 0.974. The van der Waals surface area contributed by atoms with Gasteiger partial charge in [0.25, 0.3) is 0 Å². The monoisotopic (exact) mass is 370 g/mol. The van der Waals surface area contributed by atoms with Gasteiger partial charge in [-0.25, -0.2) is 0 Å². The van der Waals surface area contributed by atoms with E-state index in [0.29, 0.717) is 24.5 Å². The highest BCUT2D eigenvalue weighted by atomic mass is 16.5. The van der Waals surface area contributed by atoms with E-state index in [4.69, 9.17) is 9.84 Å². The second kappa shape index (κ2) is 7.88. The quantitative estimate of drug-likeness (QED) is 0.483. The second-order valence-electron chi connectivity index (χ2n) is 6.39. The number of ether oxygens (including phenoxy) is 1. The first-order valence-electron chi connectivity index (χ1n) is 8.98. The number of benzene rings is 3. The van der Waals surface area contributed by atoms with Gasteiger partial charge in [-0.1, -0.05) is 30.3 Å². The highest BCUT2D eigenvalue weighted by Gasteiger charge is 2.13. The molecular weight excluding hydrogens is 352 g/mol. The summed E-state index contributed by atoms with van der Waals surface area (Å²) < 4.78 is 7.59. The molecule has 0 atom stereocenters. The van der Waals surface area contributed by atoms with Gasteiger partial charge >= 0.3 is 0 Å². The Kier molecular flexibility index (Phi) is 4.97. The second-order valence-corrected chi connectivity index (χ2v) is 6.39. The smallest absolute Gasteiger partial charge is 0.179 e. The fraction of sp³-hybridized carbons (Fsp3) is 0.0870. The molecule has 28 heavy (non-hydrogen) atoms. The van der Waals surface area contributed by atoms with Crippen LogP contribution in [0.5, 0.6) is 5.75 Å². The number of fused-ring (bicyclic) bond motifs is 1. The summed E-state index contributed by atoms with van der Waals surface area (Å²) in [6, 6.07) is 21.8. The van der Waals surface area contributed by atoms with Gasteiger partial charge in [-0.3, -0.25) is 14.3 Å². The van der Waals surface area contributed by atoms with Crippen molar-refractivity contribution in [3.8, 4) is 28.1 Å². The molecular formula is C23H18N2O3. The van der Waals surface area contributed by atoms with E-state index in [-0.39, 0.29) is 5.43 Å². The molecule has 2 aromatic rings. The van der Waals surface area contributed by atoms with Gasteiger partial charge in [-0.2, -0.15) is 5.10 Å². The molecule has 0 N–H and O–H groups in total. The lowest BCUT2D eigenvalue weighted by atomic mass is 9.99. The van der Waals surface area contributed by atoms with Crippen molar-refractivity contribution in [2.24, 2.45) is 0 Å². The third-order valence-electron chi connectivity index (χ3n) is 4.45. The van der Waals surface area contributed by atoms with E-state index in [1.165, 1.54) is 0 Å². The lowest BCUT2D eigenvalue weighted by molar-refractivity contribution is 0.112. The topological polar surface area (TPSA) is 61.2 Å². The fourth-order valence-electron chi connectivity index (χ4n) is 3.05. The SMILES string of the molecule is O=Cc1ccc(OCCn2cc3ccc(=O)cc-3c(-c3ccccc3)n2)cc1. The standard InChI is InChI=1S/C23H18N2O3/c26-16-17-6-10-21(11-7-17)28-13-12-25-15-19-8-9-20(27)14-22(19)23(24-25)18-4-2-1-3-5-18/h1-11,14-16H,12-13H2. The van der Waals surface area contributed by atoms with Gasteiger partial charge in [-0.05, 0) is 42.5 Å². The Morgan fingerprint density at radius 3 is 2.46 bits per heavy atom. The Morgan fingerprint density at radius 2 is 1.71 bits per heavy atom. The highest BCUT2D eigenvalue weighted by molar-refractivity contribution is 5.80. The van der Waals surface area contributed by atoms with E-state index in [1.807, 2.05) is 47.3 Å². The molecule has 0 spiro atoms. The first-order chi connectivity index (χ1) is 13.7. The molecule has 138 valence electrons. The lowest BCUT2D eigenvalue weighted by Gasteiger charge is -2.16. The average Bonchev–Trinajstić information content (AvgIpc) is 2.74. The van der Waals surface area contributed by atoms with Crippen LogP contribution in [0.1, 0.15) is 10.4 Å². The number of hydrogen-bond acceptors (Lipinski definition) is 4. The van der Waals surface area contributed by atoms with Crippen molar-refractivity contribution in [2.45, 2.75) is 6.54 Å². The molecule has 5 nitrogen and oxygen atoms in total. The molecule has 0 amide bonds. The molecule has 2 aromatic carbocycles. The van der Waals surface area contributed by atoms with Gasteiger partial charge in [0.2, 0.25) is 0 Å². The number of carbonyl (C=O) groups is 1. The lowest BCUT2D eigenvalue weighted by Crippen LogP contribution is -2.14. The van der Waals surface area contributed by atoms with Crippen LogP contribution < -0.4 is 10.2 Å². The van der Waals surface area contributed by atoms with Gasteiger partial charge in [0, 0.05) is 28.5 Å². The van der Waals surface area contributed by atoms with Crippen LogP contribution in [-0.4, -0.2) is 22.7 Å². The molecule has 0 bridgehead atoms. The molecule has 5 heteroatoms. The molecule has 4 rings (SSSR count). The molecule has 2 aliphatic rings. The van der Waals surface area contributed by atoms with Crippen molar-refractivity contribution >= 4 is 6.29 Å². The van der Waals surface area contributed by atoms with Crippen molar-refractivity contribution in [3.63, 3.8) is 0 Å². The highest BCUT2D eigenvalue weighted by Crippen LogP contribution is 2.30. The minimum atomic E-state index is -0.0358. The zero-order valence-electron chi connectivity index (χ0n) is 15.1. The van der Waals surface area contributed by atoms with Crippen molar-refractivity contribution in [2.75, 3.05) is 6.61 Å². The molecule has 0 saturated heterocycles. The van der Waals surface area contributed by atoms with Crippen molar-refractivity contribution < 1.29 is 9.53 Å². The third-order valence-corrected chi connectivity index (χ3v) is 4.45. The third kappa shape index (κ3) is 3.83. The van der Waals surface area contributed by atoms with Crippen LogP contribution in [0.2, 0.25) is 0 Å². The minimum absolute atomic E-state index is 0.0358. The molecule has 1 aliphatic heterocycles. The molecule has 0 radical (unpaired) electrons. The maximum atomic E-state index is 11.9. The van der Waals surface area contributed by atoms with Crippen LogP contribution in [0, 0.1) is 0 Å². The number of rotatable bonds is 6. The number of carbonyl (C=O) groups excluding carboxylic acids is 1. The predicted molar refractivity (Wildman–Crippen MR) is 108 cm³/mol. The van der Waals surface area contributed by atoms with Gasteiger partial charge < -0.3 is 4.74 Å². The van der Waals surface area contributed by atoms with Crippen LogP contribution in [0.25, 0.3) is 22.4 Å². The molecule has 0 unspecified atom stereocenters. The first-order valence-corrected chi connectivity index (χ1v) is 8.98. The van der Waals surface area contributed by atoms with E-state index in [2.05, 4.69) is 0 Å². The van der Waals surface area contributed by atoms with Crippen molar-refractivity contribution in [3.05, 3.63) is 94.8 Å². The van der Waals surface area contributed by atoms with E-state index < -0.39 is 0 Å². The summed E-state index contributed by atoms with van der Waals surface area (Å²) in [5.41, 5.74) is 4.09. The average molecular weight is 370 g/mol. The molecule has 1 heterocycles. The zero-order chi connectivity index (χ0) is 19.3. The molecule has 0 fully saturated rings. The van der Waals surface area contributed by atoms with E-state index >= 15 is 0 Å². The van der Waals surface area contributed by atoms with Crippen LogP contribution in [0.3, 0.4) is 0 Å². The summed E-state index contributed by atoms with van der Waals surface area (Å²) >= 11 is 0. The number of nitrogens with zero attached hydrogens (tertiary/aromatic N) is 2. The zero-order valence-corrected chi connectivity index (χ0v) is 15.1. The Balaban J connectivity index is 1.60. The van der Waals surface area contributed by atoms with Crippen LogP contribution in [-0.2, 0) is 6.54 Å². The first kappa shape index (κ1) is 17.7. The van der Waals surface area contributed by atoms with Crippen LogP contribution in [0.15, 0.2) is 83.8 Å². The predicted octanol–water partition coefficient (Wildman–Crippen LogP) is 3.91. The Hall–Kier alpha value is -3.73. The van der Waals surface area contributed by atoms with Gasteiger partial charge in [0.1, 0.15) is 18.6 Å². The van der Waals surface area contributed by atoms with E-state index in [9.17, 15) is 9.59 Å². The number of aldehydes is 1. The van der Waals surface area contributed by atoms with Crippen molar-refractivity contribution in [1.29, 1.82) is 0 Å². The van der Waals surface area contributed by atoms with Gasteiger partial charge in [0.15, 0.2) is 5.43 Å². The summed E-state index contributed by atoms with van der Waals surface area (Å²) in [5, 5.41) is 4.72. The molecule has 1 aliphatic carbocycles. The van der Waals surface area contributed by atoms with Crippen LogP contribution in [0.4, 0.5) is 0 Å². The summed E-state index contributed by atoms with van der Waals surface area (Å²) in [5.74, 6) is 0.700. The molecule has 0 aromatic heterocycles.